The normalized spacial score (nSPS) is 9.81. The number of aliphatic hydroxyl groups is 1. The van der Waals surface area contributed by atoms with E-state index in [-0.39, 0.29) is 6.61 Å². The lowest BCUT2D eigenvalue weighted by Crippen LogP contribution is -2.13. The predicted octanol–water partition coefficient (Wildman–Crippen LogP) is 0.0775. The molecule has 2 N–H and O–H groups in total. The van der Waals surface area contributed by atoms with E-state index >= 15 is 0 Å². The lowest BCUT2D eigenvalue weighted by molar-refractivity contribution is 0.0991. The minimum atomic E-state index is 0.0134. The van der Waals surface area contributed by atoms with Crippen LogP contribution in [-0.2, 0) is 4.74 Å². The van der Waals surface area contributed by atoms with E-state index in [2.05, 4.69) is 15.3 Å². The smallest absolute Gasteiger partial charge is 0.224 e. The van der Waals surface area contributed by atoms with Crippen LogP contribution in [0.4, 0.5) is 5.95 Å². The Morgan fingerprint density at radius 2 is 2.31 bits per heavy atom. The van der Waals surface area contributed by atoms with Crippen molar-refractivity contribution in [3.05, 3.63) is 17.5 Å². The molecular formula is C10H14N4O2. The summed E-state index contributed by atoms with van der Waals surface area (Å²) in [6.45, 7) is 3.13. The molecule has 1 aromatic heterocycles. The summed E-state index contributed by atoms with van der Waals surface area (Å²) in [7, 11) is 0. The van der Waals surface area contributed by atoms with Crippen LogP contribution >= 0.6 is 0 Å². The van der Waals surface area contributed by atoms with E-state index in [1.54, 1.807) is 13.0 Å². The molecule has 0 fully saturated rings. The Labute approximate surface area is 93.9 Å². The molecule has 0 saturated carbocycles. The van der Waals surface area contributed by atoms with Crippen molar-refractivity contribution >= 4 is 5.95 Å². The maximum Gasteiger partial charge on any atom is 0.224 e. The lowest BCUT2D eigenvalue weighted by atomic mass is 10.3. The topological polar surface area (TPSA) is 91.1 Å². The highest BCUT2D eigenvalue weighted by Gasteiger charge is 2.00. The number of anilines is 1. The zero-order chi connectivity index (χ0) is 11.8. The summed E-state index contributed by atoms with van der Waals surface area (Å²) >= 11 is 0. The molecule has 1 aromatic rings. The molecular weight excluding hydrogens is 208 g/mol. The fourth-order valence-corrected chi connectivity index (χ4v) is 1.11. The second kappa shape index (κ2) is 6.71. The quantitative estimate of drug-likeness (QED) is 0.662. The molecule has 1 rings (SSSR count). The van der Waals surface area contributed by atoms with E-state index in [1.165, 1.54) is 0 Å². The van der Waals surface area contributed by atoms with Crippen LogP contribution in [0.25, 0.3) is 0 Å². The van der Waals surface area contributed by atoms with Gasteiger partial charge in [-0.05, 0) is 13.0 Å². The summed E-state index contributed by atoms with van der Waals surface area (Å²) in [5.74, 6) is 0.421. The molecule has 0 unspecified atom stereocenters. The van der Waals surface area contributed by atoms with Gasteiger partial charge in [-0.2, -0.15) is 5.26 Å². The van der Waals surface area contributed by atoms with Crippen molar-refractivity contribution < 1.29 is 9.84 Å². The molecule has 86 valence electrons. The fraction of sp³-hybridized carbons (Fsp3) is 0.500. The van der Waals surface area contributed by atoms with Gasteiger partial charge >= 0.3 is 0 Å². The summed E-state index contributed by atoms with van der Waals surface area (Å²) in [5, 5.41) is 20.1. The zero-order valence-corrected chi connectivity index (χ0v) is 9.10. The van der Waals surface area contributed by atoms with Gasteiger partial charge in [0.05, 0.1) is 19.8 Å². The molecule has 6 nitrogen and oxygen atoms in total. The summed E-state index contributed by atoms with van der Waals surface area (Å²) < 4.78 is 5.06. The van der Waals surface area contributed by atoms with E-state index in [1.807, 2.05) is 6.07 Å². The average Bonchev–Trinajstić information content (AvgIpc) is 2.28. The third kappa shape index (κ3) is 4.21. The van der Waals surface area contributed by atoms with Crippen LogP contribution in [0.5, 0.6) is 0 Å². The SMILES string of the molecule is Cc1cc(C#N)nc(NCCOCCO)n1. The minimum absolute atomic E-state index is 0.0134. The molecule has 0 spiro atoms. The molecule has 0 atom stereocenters. The maximum absolute atomic E-state index is 8.71. The second-order valence-electron chi connectivity index (χ2n) is 3.09. The van der Waals surface area contributed by atoms with Crippen molar-refractivity contribution in [2.24, 2.45) is 0 Å². The standard InChI is InChI=1S/C10H14N4O2/c1-8-6-9(7-11)14-10(13-8)12-2-4-16-5-3-15/h6,15H,2-5H2,1H3,(H,12,13,14). The Morgan fingerprint density at radius 1 is 1.50 bits per heavy atom. The van der Waals surface area contributed by atoms with Gasteiger partial charge in [-0.1, -0.05) is 0 Å². The molecule has 1 heterocycles. The number of hydrogen-bond acceptors (Lipinski definition) is 6. The number of aromatic nitrogens is 2. The first-order valence-electron chi connectivity index (χ1n) is 4.94. The number of nitriles is 1. The molecule has 0 aliphatic heterocycles. The van der Waals surface area contributed by atoms with Crippen molar-refractivity contribution in [3.8, 4) is 6.07 Å². The van der Waals surface area contributed by atoms with Crippen molar-refractivity contribution in [2.45, 2.75) is 6.92 Å². The predicted molar refractivity (Wildman–Crippen MR) is 57.9 cm³/mol. The zero-order valence-electron chi connectivity index (χ0n) is 9.10. The number of hydrogen-bond donors (Lipinski definition) is 2. The monoisotopic (exact) mass is 222 g/mol. The van der Waals surface area contributed by atoms with E-state index in [4.69, 9.17) is 15.1 Å². The average molecular weight is 222 g/mol. The van der Waals surface area contributed by atoms with Crippen molar-refractivity contribution in [1.29, 1.82) is 5.26 Å². The van der Waals surface area contributed by atoms with Gasteiger partial charge in [0.25, 0.3) is 0 Å². The number of aliphatic hydroxyl groups excluding tert-OH is 1. The Hall–Kier alpha value is -1.71. The van der Waals surface area contributed by atoms with Crippen LogP contribution in [0, 0.1) is 18.3 Å². The first-order chi connectivity index (χ1) is 7.76. The highest BCUT2D eigenvalue weighted by molar-refractivity contribution is 5.32. The number of ether oxygens (including phenoxy) is 1. The largest absolute Gasteiger partial charge is 0.394 e. The number of nitrogens with one attached hydrogen (secondary N) is 1. The number of nitrogens with zero attached hydrogens (tertiary/aromatic N) is 3. The van der Waals surface area contributed by atoms with E-state index in [9.17, 15) is 0 Å². The van der Waals surface area contributed by atoms with Crippen LogP contribution in [-0.4, -0.2) is 41.4 Å². The molecule has 6 heteroatoms. The summed E-state index contributed by atoms with van der Waals surface area (Å²) in [6, 6.07) is 3.58. The fourth-order valence-electron chi connectivity index (χ4n) is 1.11. The number of aryl methyl sites for hydroxylation is 1. The van der Waals surface area contributed by atoms with Gasteiger partial charge in [-0.15, -0.1) is 0 Å². The molecule has 0 amide bonds. The molecule has 0 aliphatic carbocycles. The highest BCUT2D eigenvalue weighted by atomic mass is 16.5. The Balaban J connectivity index is 2.42. The second-order valence-corrected chi connectivity index (χ2v) is 3.09. The first kappa shape index (κ1) is 12.4. The van der Waals surface area contributed by atoms with Crippen molar-refractivity contribution in [2.75, 3.05) is 31.7 Å². The van der Waals surface area contributed by atoms with Crippen LogP contribution in [0.2, 0.25) is 0 Å². The van der Waals surface area contributed by atoms with E-state index in [0.717, 1.165) is 5.69 Å². The summed E-state index contributed by atoms with van der Waals surface area (Å²) in [6.07, 6.45) is 0. The third-order valence-corrected chi connectivity index (χ3v) is 1.73. The Morgan fingerprint density at radius 3 is 3.00 bits per heavy atom. The van der Waals surface area contributed by atoms with Crippen LogP contribution < -0.4 is 5.32 Å². The van der Waals surface area contributed by atoms with Crippen molar-refractivity contribution in [1.82, 2.24) is 9.97 Å². The molecule has 0 aromatic carbocycles. The lowest BCUT2D eigenvalue weighted by Gasteiger charge is -2.05. The molecule has 0 radical (unpaired) electrons. The van der Waals surface area contributed by atoms with Crippen molar-refractivity contribution in [3.63, 3.8) is 0 Å². The first-order valence-corrected chi connectivity index (χ1v) is 4.94. The van der Waals surface area contributed by atoms with Gasteiger partial charge in [0.2, 0.25) is 5.95 Å². The molecule has 16 heavy (non-hydrogen) atoms. The maximum atomic E-state index is 8.71. The van der Waals surface area contributed by atoms with Crippen LogP contribution in [0.1, 0.15) is 11.4 Å². The highest BCUT2D eigenvalue weighted by Crippen LogP contribution is 2.03. The minimum Gasteiger partial charge on any atom is -0.394 e. The van der Waals surface area contributed by atoms with E-state index < -0.39 is 0 Å². The number of rotatable bonds is 6. The van der Waals surface area contributed by atoms with Crippen LogP contribution in [0.3, 0.4) is 0 Å². The van der Waals surface area contributed by atoms with Gasteiger partial charge in [0.15, 0.2) is 0 Å². The van der Waals surface area contributed by atoms with Gasteiger partial charge in [0.1, 0.15) is 11.8 Å². The van der Waals surface area contributed by atoms with Gasteiger partial charge in [-0.25, -0.2) is 9.97 Å². The summed E-state index contributed by atoms with van der Waals surface area (Å²) in [5.41, 5.74) is 1.08. The Kier molecular flexibility index (Phi) is 5.19. The van der Waals surface area contributed by atoms with Crippen LogP contribution in [0.15, 0.2) is 6.07 Å². The molecule has 0 saturated heterocycles. The molecule has 0 aliphatic rings. The Bertz CT molecular complexity index is 376. The van der Waals surface area contributed by atoms with E-state index in [0.29, 0.717) is 31.4 Å². The third-order valence-electron chi connectivity index (χ3n) is 1.73. The summed E-state index contributed by atoms with van der Waals surface area (Å²) in [4.78, 5) is 8.10. The van der Waals surface area contributed by atoms with Gasteiger partial charge in [-0.3, -0.25) is 0 Å². The van der Waals surface area contributed by atoms with Gasteiger partial charge in [0, 0.05) is 12.2 Å². The van der Waals surface area contributed by atoms with Gasteiger partial charge < -0.3 is 15.2 Å². The molecule has 0 bridgehead atoms.